The van der Waals surface area contributed by atoms with E-state index in [1.807, 2.05) is 21.6 Å². The zero-order chi connectivity index (χ0) is 23.7. The molecule has 0 atom stereocenters. The number of nitrogens with zero attached hydrogens (tertiary/aromatic N) is 3. The minimum atomic E-state index is -1.02. The zero-order valence-electron chi connectivity index (χ0n) is 20.3. The molecule has 0 N–H and O–H groups in total. The Bertz CT molecular complexity index is 1220. The Morgan fingerprint density at radius 2 is 1.30 bits per heavy atom. The number of rotatable bonds is 5. The monoisotopic (exact) mass is 457 g/mol. The van der Waals surface area contributed by atoms with Gasteiger partial charge in [-0.3, -0.25) is 0 Å². The van der Waals surface area contributed by atoms with E-state index in [1.54, 1.807) is 0 Å². The van der Waals surface area contributed by atoms with Gasteiger partial charge in [-0.2, -0.15) is 0 Å². The third-order valence-corrected chi connectivity index (χ3v) is 8.33. The Hall–Kier alpha value is -2.97. The van der Waals surface area contributed by atoms with Crippen molar-refractivity contribution in [3.63, 3.8) is 0 Å². The lowest BCUT2D eigenvalue weighted by Crippen LogP contribution is -2.47. The standard InChI is InChI=1S/C28H32N3OP/c1-19(2)30(20(3)4)28(32)31-26-18-22(6)21(5)17-25(26)29-27(31)33(23-13-9-7-10-14-23)24-15-11-8-12-16-24/h7-20H,1-6H3. The minimum Gasteiger partial charge on any atom is -0.319 e. The van der Waals surface area contributed by atoms with Crippen LogP contribution in [-0.4, -0.2) is 32.6 Å². The molecule has 4 rings (SSSR count). The quantitative estimate of drug-likeness (QED) is 0.371. The molecule has 3 aromatic carbocycles. The number of imidazole rings is 1. The molecular weight excluding hydrogens is 425 g/mol. The summed E-state index contributed by atoms with van der Waals surface area (Å²) in [5.41, 5.74) is 4.91. The lowest BCUT2D eigenvalue weighted by atomic mass is 10.1. The number of aromatic nitrogens is 2. The van der Waals surface area contributed by atoms with E-state index in [9.17, 15) is 4.79 Å². The van der Waals surface area contributed by atoms with Crippen molar-refractivity contribution in [2.45, 2.75) is 53.6 Å². The molecule has 0 fully saturated rings. The van der Waals surface area contributed by atoms with Gasteiger partial charge in [0, 0.05) is 20.0 Å². The average Bonchev–Trinajstić information content (AvgIpc) is 3.12. The second-order valence-corrected chi connectivity index (χ2v) is 11.2. The van der Waals surface area contributed by atoms with Crippen molar-refractivity contribution >= 4 is 41.2 Å². The molecule has 1 amide bonds. The predicted octanol–water partition coefficient (Wildman–Crippen LogP) is 5.50. The smallest absolute Gasteiger partial charge is 0.319 e. The Morgan fingerprint density at radius 3 is 1.79 bits per heavy atom. The second kappa shape index (κ2) is 9.49. The van der Waals surface area contributed by atoms with E-state index in [2.05, 4.69) is 102 Å². The van der Waals surface area contributed by atoms with Crippen molar-refractivity contribution in [3.8, 4) is 0 Å². The fourth-order valence-corrected chi connectivity index (χ4v) is 6.65. The molecule has 0 saturated carbocycles. The molecule has 4 aromatic rings. The van der Waals surface area contributed by atoms with Gasteiger partial charge in [0.05, 0.1) is 11.0 Å². The number of hydrogen-bond acceptors (Lipinski definition) is 2. The van der Waals surface area contributed by atoms with Gasteiger partial charge < -0.3 is 4.90 Å². The molecule has 0 aliphatic heterocycles. The van der Waals surface area contributed by atoms with Gasteiger partial charge in [0.15, 0.2) is 0 Å². The van der Waals surface area contributed by atoms with Crippen LogP contribution in [0.3, 0.4) is 0 Å². The molecule has 0 bridgehead atoms. The van der Waals surface area contributed by atoms with E-state index >= 15 is 0 Å². The maximum absolute atomic E-state index is 14.1. The van der Waals surface area contributed by atoms with E-state index in [-0.39, 0.29) is 18.1 Å². The first-order valence-electron chi connectivity index (χ1n) is 11.5. The highest BCUT2D eigenvalue weighted by atomic mass is 31.1. The average molecular weight is 458 g/mol. The van der Waals surface area contributed by atoms with Crippen molar-refractivity contribution in [2.75, 3.05) is 0 Å². The fraction of sp³-hybridized carbons (Fsp3) is 0.286. The molecule has 33 heavy (non-hydrogen) atoms. The van der Waals surface area contributed by atoms with Gasteiger partial charge in [0.1, 0.15) is 5.57 Å². The lowest BCUT2D eigenvalue weighted by Gasteiger charge is -2.32. The SMILES string of the molecule is Cc1cc2nc(P(c3ccccc3)c3ccccc3)n(C(=O)N(C(C)C)C(C)C)c2cc1C. The van der Waals surface area contributed by atoms with Crippen LogP contribution in [-0.2, 0) is 0 Å². The van der Waals surface area contributed by atoms with Crippen molar-refractivity contribution in [1.82, 2.24) is 14.5 Å². The van der Waals surface area contributed by atoms with Crippen LogP contribution in [0.1, 0.15) is 38.8 Å². The number of aryl methyl sites for hydroxylation is 2. The van der Waals surface area contributed by atoms with E-state index in [0.29, 0.717) is 0 Å². The molecule has 0 radical (unpaired) electrons. The number of amides is 1. The highest BCUT2D eigenvalue weighted by molar-refractivity contribution is 7.79. The van der Waals surface area contributed by atoms with E-state index in [4.69, 9.17) is 4.98 Å². The van der Waals surface area contributed by atoms with Crippen LogP contribution in [0.25, 0.3) is 11.0 Å². The largest absolute Gasteiger partial charge is 0.330 e. The van der Waals surface area contributed by atoms with Gasteiger partial charge in [0.2, 0.25) is 0 Å². The molecule has 0 aliphatic carbocycles. The number of fused-ring (bicyclic) bond motifs is 1. The number of hydrogen-bond donors (Lipinski definition) is 0. The summed E-state index contributed by atoms with van der Waals surface area (Å²) >= 11 is 0. The lowest BCUT2D eigenvalue weighted by molar-refractivity contribution is 0.168. The maximum atomic E-state index is 14.1. The Balaban J connectivity index is 2.05. The normalized spacial score (nSPS) is 11.7. The van der Waals surface area contributed by atoms with Crippen LogP contribution >= 0.6 is 7.92 Å². The van der Waals surface area contributed by atoms with Crippen molar-refractivity contribution in [3.05, 3.63) is 83.9 Å². The predicted molar refractivity (Wildman–Crippen MR) is 141 cm³/mol. The molecular formula is C28H32N3OP. The third kappa shape index (κ3) is 4.45. The second-order valence-electron chi connectivity index (χ2n) is 9.06. The van der Waals surface area contributed by atoms with Crippen molar-refractivity contribution in [2.24, 2.45) is 0 Å². The first-order chi connectivity index (χ1) is 15.8. The highest BCUT2D eigenvalue weighted by Gasteiger charge is 2.31. The van der Waals surface area contributed by atoms with E-state index in [0.717, 1.165) is 22.2 Å². The molecule has 1 aromatic heterocycles. The van der Waals surface area contributed by atoms with Gasteiger partial charge in [-0.05, 0) is 75.4 Å². The first kappa shape index (κ1) is 23.2. The van der Waals surface area contributed by atoms with Gasteiger partial charge in [-0.25, -0.2) is 14.3 Å². The van der Waals surface area contributed by atoms with E-state index < -0.39 is 7.92 Å². The molecule has 4 nitrogen and oxygen atoms in total. The van der Waals surface area contributed by atoms with Gasteiger partial charge >= 0.3 is 6.03 Å². The summed E-state index contributed by atoms with van der Waals surface area (Å²) in [5, 5.41) is 2.36. The number of benzene rings is 3. The summed E-state index contributed by atoms with van der Waals surface area (Å²) in [6.45, 7) is 12.5. The molecule has 5 heteroatoms. The van der Waals surface area contributed by atoms with Crippen molar-refractivity contribution in [1.29, 1.82) is 0 Å². The first-order valence-corrected chi connectivity index (χ1v) is 12.9. The summed E-state index contributed by atoms with van der Waals surface area (Å²) in [4.78, 5) is 21.2. The summed E-state index contributed by atoms with van der Waals surface area (Å²) in [7, 11) is -1.02. The van der Waals surface area contributed by atoms with Crippen LogP contribution in [0.15, 0.2) is 72.8 Å². The molecule has 0 saturated heterocycles. The fourth-order valence-electron chi connectivity index (χ4n) is 4.35. The Kier molecular flexibility index (Phi) is 6.67. The van der Waals surface area contributed by atoms with Crippen LogP contribution < -0.4 is 16.2 Å². The maximum Gasteiger partial charge on any atom is 0.330 e. The topological polar surface area (TPSA) is 38.1 Å². The molecule has 0 aliphatic rings. The van der Waals surface area contributed by atoms with Crippen LogP contribution in [0, 0.1) is 13.8 Å². The molecule has 1 heterocycles. The summed E-state index contributed by atoms with van der Waals surface area (Å²) in [6, 6.07) is 25.2. The van der Waals surface area contributed by atoms with Gasteiger partial charge in [-0.1, -0.05) is 60.7 Å². The van der Waals surface area contributed by atoms with Crippen LogP contribution in [0.5, 0.6) is 0 Å². The van der Waals surface area contributed by atoms with Crippen LogP contribution in [0.2, 0.25) is 0 Å². The molecule has 170 valence electrons. The van der Waals surface area contributed by atoms with E-state index in [1.165, 1.54) is 16.2 Å². The molecule has 0 unspecified atom stereocenters. The van der Waals surface area contributed by atoms with Crippen molar-refractivity contribution < 1.29 is 4.79 Å². The van der Waals surface area contributed by atoms with Gasteiger partial charge in [-0.15, -0.1) is 0 Å². The Labute approximate surface area is 198 Å². The molecule has 0 spiro atoms. The third-order valence-electron chi connectivity index (χ3n) is 6.01. The zero-order valence-corrected chi connectivity index (χ0v) is 21.2. The highest BCUT2D eigenvalue weighted by Crippen LogP contribution is 2.34. The van der Waals surface area contributed by atoms with Gasteiger partial charge in [0.25, 0.3) is 0 Å². The number of carbonyl (C=O) groups is 1. The summed E-state index contributed by atoms with van der Waals surface area (Å²) < 4.78 is 1.88. The number of carbonyl (C=O) groups excluding carboxylic acids is 1. The summed E-state index contributed by atoms with van der Waals surface area (Å²) in [6.07, 6.45) is 0. The van der Waals surface area contributed by atoms with Crippen LogP contribution in [0.4, 0.5) is 4.79 Å². The summed E-state index contributed by atoms with van der Waals surface area (Å²) in [5.74, 6) is 0. The Morgan fingerprint density at radius 1 is 0.818 bits per heavy atom. The minimum absolute atomic E-state index is 0.0138.